The summed E-state index contributed by atoms with van der Waals surface area (Å²) >= 11 is 5.21. The summed E-state index contributed by atoms with van der Waals surface area (Å²) in [7, 11) is 0. The number of benzene rings is 2. The van der Waals surface area contributed by atoms with Gasteiger partial charge in [-0.2, -0.15) is 0 Å². The fraction of sp³-hybridized carbons (Fsp3) is 0.304. The van der Waals surface area contributed by atoms with Crippen LogP contribution in [0.3, 0.4) is 0 Å². The van der Waals surface area contributed by atoms with Gasteiger partial charge in [-0.3, -0.25) is 4.57 Å². The highest BCUT2D eigenvalue weighted by atomic mass is 79.9. The van der Waals surface area contributed by atoms with Gasteiger partial charge in [0.15, 0.2) is 11.0 Å². The van der Waals surface area contributed by atoms with E-state index in [0.717, 1.165) is 45.4 Å². The lowest BCUT2D eigenvalue weighted by Gasteiger charge is -2.13. The molecule has 1 fully saturated rings. The second kappa shape index (κ2) is 9.63. The molecule has 150 valence electrons. The minimum absolute atomic E-state index is 0.367. The highest BCUT2D eigenvalue weighted by Gasteiger charge is 2.17. The smallest absolute Gasteiger partial charge is 0.192 e. The van der Waals surface area contributed by atoms with E-state index in [1.807, 2.05) is 24.3 Å². The van der Waals surface area contributed by atoms with Gasteiger partial charge in [0.2, 0.25) is 0 Å². The van der Waals surface area contributed by atoms with Crippen molar-refractivity contribution in [1.82, 2.24) is 14.8 Å². The van der Waals surface area contributed by atoms with Gasteiger partial charge in [-0.05, 0) is 67.6 Å². The number of ether oxygens (including phenoxy) is 1. The molecule has 0 unspecified atom stereocenters. The van der Waals surface area contributed by atoms with Gasteiger partial charge in [-0.15, -0.1) is 16.8 Å². The largest absolute Gasteiger partial charge is 0.490 e. The second-order valence-corrected chi connectivity index (χ2v) is 9.03. The lowest BCUT2D eigenvalue weighted by Crippen LogP contribution is -2.10. The van der Waals surface area contributed by atoms with Gasteiger partial charge in [-0.1, -0.05) is 45.9 Å². The Bertz CT molecular complexity index is 965. The van der Waals surface area contributed by atoms with Crippen molar-refractivity contribution in [2.45, 2.75) is 49.2 Å². The maximum atomic E-state index is 6.08. The minimum Gasteiger partial charge on any atom is -0.490 e. The summed E-state index contributed by atoms with van der Waals surface area (Å²) in [5.74, 6) is 2.62. The lowest BCUT2D eigenvalue weighted by molar-refractivity contribution is 0.210. The van der Waals surface area contributed by atoms with Crippen LogP contribution in [-0.4, -0.2) is 20.9 Å². The SMILES string of the molecule is C=CCn1c(SCc2cccc(Br)c2)nnc1-c1ccc(OC2CCCC2)cc1. The minimum atomic E-state index is 0.367. The summed E-state index contributed by atoms with van der Waals surface area (Å²) in [6.45, 7) is 4.57. The van der Waals surface area contributed by atoms with E-state index < -0.39 is 0 Å². The summed E-state index contributed by atoms with van der Waals surface area (Å²) in [4.78, 5) is 0. The molecule has 0 radical (unpaired) electrons. The molecule has 1 aromatic heterocycles. The third-order valence-electron chi connectivity index (χ3n) is 5.00. The van der Waals surface area contributed by atoms with Crippen molar-refractivity contribution in [2.24, 2.45) is 0 Å². The molecule has 0 aliphatic heterocycles. The molecule has 6 heteroatoms. The predicted octanol–water partition coefficient (Wildman–Crippen LogP) is 6.51. The molecule has 0 bridgehead atoms. The average molecular weight is 470 g/mol. The van der Waals surface area contributed by atoms with E-state index in [-0.39, 0.29) is 0 Å². The first-order valence-electron chi connectivity index (χ1n) is 9.91. The number of hydrogen-bond acceptors (Lipinski definition) is 4. The Kier molecular flexibility index (Phi) is 6.72. The number of halogens is 1. The second-order valence-electron chi connectivity index (χ2n) is 7.17. The fourth-order valence-corrected chi connectivity index (χ4v) is 4.90. The molecule has 1 saturated carbocycles. The molecule has 1 aliphatic carbocycles. The van der Waals surface area contributed by atoms with Crippen molar-refractivity contribution in [1.29, 1.82) is 0 Å². The number of rotatable bonds is 8. The van der Waals surface area contributed by atoms with Crippen molar-refractivity contribution in [2.75, 3.05) is 0 Å². The number of hydrogen-bond donors (Lipinski definition) is 0. The van der Waals surface area contributed by atoms with E-state index in [0.29, 0.717) is 12.6 Å². The van der Waals surface area contributed by atoms with E-state index in [9.17, 15) is 0 Å². The van der Waals surface area contributed by atoms with E-state index in [1.165, 1.54) is 18.4 Å². The van der Waals surface area contributed by atoms with Crippen molar-refractivity contribution in [3.63, 3.8) is 0 Å². The zero-order chi connectivity index (χ0) is 20.1. The van der Waals surface area contributed by atoms with Gasteiger partial charge in [0.05, 0.1) is 6.10 Å². The molecule has 0 atom stereocenters. The Hall–Kier alpha value is -2.05. The molecule has 29 heavy (non-hydrogen) atoms. The first-order chi connectivity index (χ1) is 14.2. The molecule has 1 aliphatic rings. The molecular formula is C23H24BrN3OS. The Morgan fingerprint density at radius 1 is 1.14 bits per heavy atom. The summed E-state index contributed by atoms with van der Waals surface area (Å²) in [6, 6.07) is 16.5. The molecule has 4 rings (SSSR count). The third-order valence-corrected chi connectivity index (χ3v) is 6.53. The monoisotopic (exact) mass is 469 g/mol. The van der Waals surface area contributed by atoms with Gasteiger partial charge in [0.1, 0.15) is 5.75 Å². The van der Waals surface area contributed by atoms with Crippen molar-refractivity contribution in [3.8, 4) is 17.1 Å². The Morgan fingerprint density at radius 3 is 2.66 bits per heavy atom. The van der Waals surface area contributed by atoms with Crippen molar-refractivity contribution in [3.05, 3.63) is 71.2 Å². The number of thioether (sulfide) groups is 1. The molecule has 3 aromatic rings. The molecule has 2 aromatic carbocycles. The van der Waals surface area contributed by atoms with Crippen LogP contribution in [0.4, 0.5) is 0 Å². The summed E-state index contributed by atoms with van der Waals surface area (Å²) in [5, 5.41) is 9.80. The topological polar surface area (TPSA) is 39.9 Å². The molecule has 4 nitrogen and oxygen atoms in total. The molecular weight excluding hydrogens is 446 g/mol. The lowest BCUT2D eigenvalue weighted by atomic mass is 10.2. The van der Waals surface area contributed by atoms with E-state index in [1.54, 1.807) is 11.8 Å². The zero-order valence-corrected chi connectivity index (χ0v) is 18.7. The highest BCUT2D eigenvalue weighted by molar-refractivity contribution is 9.10. The summed E-state index contributed by atoms with van der Waals surface area (Å²) < 4.78 is 9.28. The zero-order valence-electron chi connectivity index (χ0n) is 16.3. The average Bonchev–Trinajstić information content (AvgIpc) is 3.38. The first-order valence-corrected chi connectivity index (χ1v) is 11.7. The fourth-order valence-electron chi connectivity index (χ4n) is 3.56. The molecule has 0 spiro atoms. The van der Waals surface area contributed by atoms with E-state index in [2.05, 4.69) is 67.6 Å². The third kappa shape index (κ3) is 5.11. The van der Waals surface area contributed by atoms with Crippen LogP contribution < -0.4 is 4.74 Å². The normalized spacial score (nSPS) is 14.2. The van der Waals surface area contributed by atoms with E-state index in [4.69, 9.17) is 4.74 Å². The number of allylic oxidation sites excluding steroid dienone is 1. The molecule has 0 amide bonds. The summed E-state index contributed by atoms with van der Waals surface area (Å²) in [6.07, 6.45) is 7.11. The number of aromatic nitrogens is 3. The van der Waals surface area contributed by atoms with Crippen LogP contribution in [0, 0.1) is 0 Å². The molecule has 1 heterocycles. The van der Waals surface area contributed by atoms with Gasteiger partial charge in [0.25, 0.3) is 0 Å². The Labute approximate surface area is 184 Å². The standard InChI is InChI=1S/C23H24BrN3OS/c1-2-14-27-22(18-10-12-21(13-11-18)28-20-8-3-4-9-20)25-26-23(27)29-16-17-6-5-7-19(24)15-17/h2,5-7,10-13,15,20H,1,3-4,8-9,14,16H2. The quantitative estimate of drug-likeness (QED) is 0.278. The van der Waals surface area contributed by atoms with Gasteiger partial charge in [-0.25, -0.2) is 0 Å². The van der Waals surface area contributed by atoms with Crippen molar-refractivity contribution < 1.29 is 4.74 Å². The Balaban J connectivity index is 1.50. The maximum absolute atomic E-state index is 6.08. The van der Waals surface area contributed by atoms with Crippen LogP contribution in [0.1, 0.15) is 31.2 Å². The first kappa shape index (κ1) is 20.2. The molecule has 0 N–H and O–H groups in total. The van der Waals surface area contributed by atoms with Crippen LogP contribution in [0.2, 0.25) is 0 Å². The van der Waals surface area contributed by atoms with Gasteiger partial charge >= 0.3 is 0 Å². The van der Waals surface area contributed by atoms with E-state index >= 15 is 0 Å². The van der Waals surface area contributed by atoms with Crippen LogP contribution in [0.25, 0.3) is 11.4 Å². The van der Waals surface area contributed by atoms with Gasteiger partial charge < -0.3 is 4.74 Å². The number of nitrogens with zero attached hydrogens (tertiary/aromatic N) is 3. The highest BCUT2D eigenvalue weighted by Crippen LogP contribution is 2.29. The van der Waals surface area contributed by atoms with Crippen LogP contribution >= 0.6 is 27.7 Å². The van der Waals surface area contributed by atoms with Crippen LogP contribution in [-0.2, 0) is 12.3 Å². The summed E-state index contributed by atoms with van der Waals surface area (Å²) in [5.41, 5.74) is 2.28. The van der Waals surface area contributed by atoms with Gasteiger partial charge in [0, 0.05) is 22.3 Å². The maximum Gasteiger partial charge on any atom is 0.192 e. The van der Waals surface area contributed by atoms with Crippen molar-refractivity contribution >= 4 is 27.7 Å². The molecule has 0 saturated heterocycles. The predicted molar refractivity (Wildman–Crippen MR) is 122 cm³/mol. The van der Waals surface area contributed by atoms with Crippen LogP contribution in [0.15, 0.2) is 70.8 Å². The van der Waals surface area contributed by atoms with Crippen LogP contribution in [0.5, 0.6) is 5.75 Å². The Morgan fingerprint density at radius 2 is 1.93 bits per heavy atom.